The molecule has 1 fully saturated rings. The highest BCUT2D eigenvalue weighted by atomic mass is 16.5. The van der Waals surface area contributed by atoms with E-state index in [9.17, 15) is 0 Å². The van der Waals surface area contributed by atoms with Crippen molar-refractivity contribution in [2.24, 2.45) is 5.92 Å². The average molecular weight is 230 g/mol. The molecule has 0 aliphatic carbocycles. The molecule has 17 heavy (non-hydrogen) atoms. The van der Waals surface area contributed by atoms with Gasteiger partial charge in [0, 0.05) is 0 Å². The Morgan fingerprint density at radius 2 is 2.41 bits per heavy atom. The lowest BCUT2D eigenvalue weighted by molar-refractivity contribution is 0.375. The number of piperidine rings is 1. The second-order valence-corrected chi connectivity index (χ2v) is 4.56. The first-order valence-electron chi connectivity index (χ1n) is 6.11. The van der Waals surface area contributed by atoms with Crippen LogP contribution in [0.4, 0.5) is 0 Å². The maximum absolute atomic E-state index is 9.04. The normalized spacial score (nSPS) is 19.6. The highest BCUT2D eigenvalue weighted by Crippen LogP contribution is 2.22. The van der Waals surface area contributed by atoms with Crippen LogP contribution < -0.4 is 10.1 Å². The zero-order chi connectivity index (χ0) is 12.1. The molecular weight excluding hydrogens is 212 g/mol. The van der Waals surface area contributed by atoms with Crippen LogP contribution in [0.1, 0.15) is 24.0 Å². The van der Waals surface area contributed by atoms with Crippen LogP contribution in [0.5, 0.6) is 5.75 Å². The van der Waals surface area contributed by atoms with Gasteiger partial charge in [-0.05, 0) is 56.0 Å². The van der Waals surface area contributed by atoms with Gasteiger partial charge in [0.1, 0.15) is 11.8 Å². The third-order valence-corrected chi connectivity index (χ3v) is 3.31. The predicted octanol–water partition coefficient (Wildman–Crippen LogP) is 2.11. The van der Waals surface area contributed by atoms with Gasteiger partial charge < -0.3 is 10.1 Å². The van der Waals surface area contributed by atoms with E-state index in [-0.39, 0.29) is 0 Å². The van der Waals surface area contributed by atoms with Gasteiger partial charge in [0.2, 0.25) is 0 Å². The van der Waals surface area contributed by atoms with Crippen LogP contribution in [0.15, 0.2) is 18.2 Å². The molecule has 1 heterocycles. The van der Waals surface area contributed by atoms with Gasteiger partial charge in [-0.1, -0.05) is 6.07 Å². The van der Waals surface area contributed by atoms with Gasteiger partial charge in [-0.25, -0.2) is 0 Å². The van der Waals surface area contributed by atoms with Crippen molar-refractivity contribution in [1.29, 1.82) is 5.26 Å². The molecule has 2 rings (SSSR count). The van der Waals surface area contributed by atoms with Gasteiger partial charge >= 0.3 is 0 Å². The van der Waals surface area contributed by atoms with E-state index in [1.807, 2.05) is 12.1 Å². The monoisotopic (exact) mass is 230 g/mol. The van der Waals surface area contributed by atoms with Crippen LogP contribution in [0, 0.1) is 17.2 Å². The number of ether oxygens (including phenoxy) is 1. The van der Waals surface area contributed by atoms with Crippen molar-refractivity contribution in [3.05, 3.63) is 29.3 Å². The standard InChI is InChI=1S/C14H18N2O/c1-17-14-5-4-11(8-13(14)9-15)7-12-3-2-6-16-10-12/h4-5,8,12,16H,2-3,6-7,10H2,1H3. The lowest BCUT2D eigenvalue weighted by Gasteiger charge is -2.22. The summed E-state index contributed by atoms with van der Waals surface area (Å²) in [6, 6.07) is 8.09. The topological polar surface area (TPSA) is 45.0 Å². The lowest BCUT2D eigenvalue weighted by Crippen LogP contribution is -2.30. The zero-order valence-electron chi connectivity index (χ0n) is 10.2. The Kier molecular flexibility index (Phi) is 4.00. The molecular formula is C14H18N2O. The lowest BCUT2D eigenvalue weighted by atomic mass is 9.92. The Morgan fingerprint density at radius 1 is 1.53 bits per heavy atom. The molecule has 3 heteroatoms. The molecule has 1 N–H and O–H groups in total. The first kappa shape index (κ1) is 11.9. The van der Waals surface area contributed by atoms with Crippen molar-refractivity contribution in [2.75, 3.05) is 20.2 Å². The second-order valence-electron chi connectivity index (χ2n) is 4.56. The molecule has 0 saturated carbocycles. The number of methoxy groups -OCH3 is 1. The quantitative estimate of drug-likeness (QED) is 0.865. The van der Waals surface area contributed by atoms with E-state index >= 15 is 0 Å². The fraction of sp³-hybridized carbons (Fsp3) is 0.500. The van der Waals surface area contributed by atoms with E-state index in [4.69, 9.17) is 10.00 Å². The molecule has 0 aromatic heterocycles. The van der Waals surface area contributed by atoms with Gasteiger partial charge in [0.15, 0.2) is 0 Å². The summed E-state index contributed by atoms with van der Waals surface area (Å²) in [4.78, 5) is 0. The number of hydrogen-bond acceptors (Lipinski definition) is 3. The number of hydrogen-bond donors (Lipinski definition) is 1. The highest BCUT2D eigenvalue weighted by Gasteiger charge is 2.14. The number of nitrogens with one attached hydrogen (secondary N) is 1. The van der Waals surface area contributed by atoms with E-state index in [1.54, 1.807) is 7.11 Å². The third kappa shape index (κ3) is 2.98. The van der Waals surface area contributed by atoms with Crippen molar-refractivity contribution >= 4 is 0 Å². The van der Waals surface area contributed by atoms with Crippen LogP contribution in [0.3, 0.4) is 0 Å². The van der Waals surface area contributed by atoms with Crippen LogP contribution in [0.25, 0.3) is 0 Å². The molecule has 1 aliphatic heterocycles. The van der Waals surface area contributed by atoms with Crippen LogP contribution in [-0.2, 0) is 6.42 Å². The van der Waals surface area contributed by atoms with Gasteiger partial charge in [-0.3, -0.25) is 0 Å². The summed E-state index contributed by atoms with van der Waals surface area (Å²) >= 11 is 0. The summed E-state index contributed by atoms with van der Waals surface area (Å²) in [5.74, 6) is 1.36. The van der Waals surface area contributed by atoms with Gasteiger partial charge in [-0.15, -0.1) is 0 Å². The van der Waals surface area contributed by atoms with E-state index < -0.39 is 0 Å². The first-order valence-corrected chi connectivity index (χ1v) is 6.11. The Labute approximate surface area is 102 Å². The van der Waals surface area contributed by atoms with Crippen LogP contribution in [0.2, 0.25) is 0 Å². The van der Waals surface area contributed by atoms with Crippen LogP contribution in [-0.4, -0.2) is 20.2 Å². The summed E-state index contributed by atoms with van der Waals surface area (Å²) in [5, 5.41) is 12.5. The van der Waals surface area contributed by atoms with Crippen molar-refractivity contribution < 1.29 is 4.74 Å². The largest absolute Gasteiger partial charge is 0.495 e. The summed E-state index contributed by atoms with van der Waals surface area (Å²) < 4.78 is 5.15. The molecule has 1 aromatic carbocycles. The maximum Gasteiger partial charge on any atom is 0.136 e. The maximum atomic E-state index is 9.04. The van der Waals surface area contributed by atoms with Crippen molar-refractivity contribution in [3.8, 4) is 11.8 Å². The summed E-state index contributed by atoms with van der Waals surface area (Å²) in [6.45, 7) is 2.23. The van der Waals surface area contributed by atoms with Gasteiger partial charge in [0.05, 0.1) is 12.7 Å². The van der Waals surface area contributed by atoms with Crippen molar-refractivity contribution in [2.45, 2.75) is 19.3 Å². The Balaban J connectivity index is 2.08. The SMILES string of the molecule is COc1ccc(CC2CCCNC2)cc1C#N. The van der Waals surface area contributed by atoms with Gasteiger partial charge in [0.25, 0.3) is 0 Å². The van der Waals surface area contributed by atoms with Crippen molar-refractivity contribution in [1.82, 2.24) is 5.32 Å². The fourth-order valence-corrected chi connectivity index (χ4v) is 2.40. The number of rotatable bonds is 3. The molecule has 0 radical (unpaired) electrons. The first-order chi connectivity index (χ1) is 8.33. The van der Waals surface area contributed by atoms with E-state index in [1.165, 1.54) is 18.4 Å². The molecule has 0 amide bonds. The predicted molar refractivity (Wildman–Crippen MR) is 67.0 cm³/mol. The third-order valence-electron chi connectivity index (χ3n) is 3.31. The minimum Gasteiger partial charge on any atom is -0.495 e. The highest BCUT2D eigenvalue weighted by molar-refractivity contribution is 5.45. The van der Waals surface area contributed by atoms with Gasteiger partial charge in [-0.2, -0.15) is 5.26 Å². The smallest absolute Gasteiger partial charge is 0.136 e. The molecule has 1 saturated heterocycles. The van der Waals surface area contributed by atoms with E-state index in [0.29, 0.717) is 17.2 Å². The Bertz CT molecular complexity index is 417. The summed E-state index contributed by atoms with van der Waals surface area (Å²) in [6.07, 6.45) is 3.58. The number of nitrogens with zero attached hydrogens (tertiary/aromatic N) is 1. The molecule has 1 aromatic rings. The van der Waals surface area contributed by atoms with E-state index in [2.05, 4.69) is 17.5 Å². The number of nitriles is 1. The molecule has 0 bridgehead atoms. The number of benzene rings is 1. The average Bonchev–Trinajstić information content (AvgIpc) is 2.40. The Morgan fingerprint density at radius 3 is 3.06 bits per heavy atom. The fourth-order valence-electron chi connectivity index (χ4n) is 2.40. The molecule has 90 valence electrons. The molecule has 1 atom stereocenters. The second kappa shape index (κ2) is 5.70. The molecule has 0 spiro atoms. The summed E-state index contributed by atoms with van der Waals surface area (Å²) in [7, 11) is 1.60. The minimum atomic E-state index is 0.633. The summed E-state index contributed by atoms with van der Waals surface area (Å²) in [5.41, 5.74) is 1.87. The zero-order valence-corrected chi connectivity index (χ0v) is 10.2. The van der Waals surface area contributed by atoms with E-state index in [0.717, 1.165) is 19.5 Å². The molecule has 1 aliphatic rings. The van der Waals surface area contributed by atoms with Crippen LogP contribution >= 0.6 is 0 Å². The van der Waals surface area contributed by atoms with Crippen molar-refractivity contribution in [3.63, 3.8) is 0 Å². The molecule has 1 unspecified atom stereocenters. The molecule has 3 nitrogen and oxygen atoms in total. The minimum absolute atomic E-state index is 0.633. The Hall–Kier alpha value is -1.53.